The number of pyridine rings is 1. The average Bonchev–Trinajstić information content (AvgIpc) is 2.39. The van der Waals surface area contributed by atoms with Crippen LogP contribution in [-0.4, -0.2) is 40.5 Å². The summed E-state index contributed by atoms with van der Waals surface area (Å²) >= 11 is 0. The molecule has 1 aliphatic rings. The first-order valence-corrected chi connectivity index (χ1v) is 7.11. The van der Waals surface area contributed by atoms with Crippen molar-refractivity contribution in [2.75, 3.05) is 13.1 Å². The van der Waals surface area contributed by atoms with Gasteiger partial charge in [-0.2, -0.15) is 0 Å². The van der Waals surface area contributed by atoms with E-state index in [0.29, 0.717) is 5.56 Å². The van der Waals surface area contributed by atoms with Crippen LogP contribution in [0.2, 0.25) is 0 Å². The van der Waals surface area contributed by atoms with Crippen LogP contribution in [0.5, 0.6) is 0 Å². The van der Waals surface area contributed by atoms with Gasteiger partial charge in [0.25, 0.3) is 5.91 Å². The molecule has 2 rings (SSSR count). The topological polar surface area (TPSA) is 65.2 Å². The number of carbonyl (C=O) groups excluding carboxylic acids is 1. The molecule has 1 aliphatic heterocycles. The summed E-state index contributed by atoms with van der Waals surface area (Å²) < 4.78 is 0. The number of likely N-dealkylation sites (tertiary alicyclic amines) is 1. The molecule has 5 heteroatoms. The van der Waals surface area contributed by atoms with Crippen molar-refractivity contribution in [2.45, 2.75) is 45.2 Å². The van der Waals surface area contributed by atoms with Crippen molar-refractivity contribution in [1.29, 1.82) is 0 Å². The zero-order valence-corrected chi connectivity index (χ0v) is 12.4. The number of piperidine rings is 1. The SMILES string of the molecule is CC(C)(C)N1CCC(NC(=O)c2ccc(=O)[nH]c2)CC1. The third-order valence-corrected chi connectivity index (χ3v) is 3.83. The molecule has 2 heterocycles. The lowest BCUT2D eigenvalue weighted by atomic mass is 9.98. The molecule has 0 aromatic carbocycles. The maximum absolute atomic E-state index is 12.1. The molecule has 1 fully saturated rings. The second-order valence-corrected chi connectivity index (χ2v) is 6.35. The molecule has 0 saturated carbocycles. The van der Waals surface area contributed by atoms with Crippen LogP contribution in [0.25, 0.3) is 0 Å². The Kier molecular flexibility index (Phi) is 4.28. The molecule has 2 N–H and O–H groups in total. The zero-order chi connectivity index (χ0) is 14.8. The number of carbonyl (C=O) groups is 1. The van der Waals surface area contributed by atoms with Gasteiger partial charge < -0.3 is 10.3 Å². The fourth-order valence-electron chi connectivity index (χ4n) is 2.52. The molecule has 0 atom stereocenters. The normalized spacial score (nSPS) is 17.9. The molecule has 1 aromatic heterocycles. The highest BCUT2D eigenvalue weighted by Crippen LogP contribution is 2.20. The van der Waals surface area contributed by atoms with Crippen molar-refractivity contribution in [3.05, 3.63) is 34.2 Å². The van der Waals surface area contributed by atoms with Gasteiger partial charge in [-0.25, -0.2) is 0 Å². The first-order valence-electron chi connectivity index (χ1n) is 7.11. The van der Waals surface area contributed by atoms with E-state index in [-0.39, 0.29) is 23.0 Å². The summed E-state index contributed by atoms with van der Waals surface area (Å²) in [5.41, 5.74) is 0.497. The quantitative estimate of drug-likeness (QED) is 0.858. The van der Waals surface area contributed by atoms with Crippen LogP contribution >= 0.6 is 0 Å². The minimum Gasteiger partial charge on any atom is -0.349 e. The maximum Gasteiger partial charge on any atom is 0.252 e. The van der Waals surface area contributed by atoms with Gasteiger partial charge in [0, 0.05) is 36.9 Å². The highest BCUT2D eigenvalue weighted by atomic mass is 16.2. The van der Waals surface area contributed by atoms with Crippen molar-refractivity contribution >= 4 is 5.91 Å². The number of H-pyrrole nitrogens is 1. The Morgan fingerprint density at radius 3 is 2.45 bits per heavy atom. The number of nitrogens with one attached hydrogen (secondary N) is 2. The van der Waals surface area contributed by atoms with Crippen molar-refractivity contribution < 1.29 is 4.79 Å². The highest BCUT2D eigenvalue weighted by Gasteiger charge is 2.27. The predicted molar refractivity (Wildman–Crippen MR) is 78.9 cm³/mol. The van der Waals surface area contributed by atoms with E-state index >= 15 is 0 Å². The van der Waals surface area contributed by atoms with Gasteiger partial charge >= 0.3 is 0 Å². The standard InChI is InChI=1S/C15H23N3O2/c1-15(2,3)18-8-6-12(7-9-18)17-14(20)11-4-5-13(19)16-10-11/h4-5,10,12H,6-9H2,1-3H3,(H,16,19)(H,17,20). The maximum atomic E-state index is 12.1. The lowest BCUT2D eigenvalue weighted by Gasteiger charge is -2.41. The van der Waals surface area contributed by atoms with Gasteiger partial charge in [-0.3, -0.25) is 14.5 Å². The smallest absolute Gasteiger partial charge is 0.252 e. The van der Waals surface area contributed by atoms with E-state index in [2.05, 4.69) is 36.0 Å². The summed E-state index contributed by atoms with van der Waals surface area (Å²) in [4.78, 5) is 28.0. The monoisotopic (exact) mass is 277 g/mol. The van der Waals surface area contributed by atoms with Gasteiger partial charge in [0.2, 0.25) is 5.56 Å². The molecule has 1 amide bonds. The largest absolute Gasteiger partial charge is 0.349 e. The molecule has 0 bridgehead atoms. The minimum atomic E-state index is -0.194. The summed E-state index contributed by atoms with van der Waals surface area (Å²) in [6.45, 7) is 8.64. The Balaban J connectivity index is 1.88. The zero-order valence-electron chi connectivity index (χ0n) is 12.4. The predicted octanol–water partition coefficient (Wildman–Crippen LogP) is 1.37. The number of nitrogens with zero attached hydrogens (tertiary/aromatic N) is 1. The minimum absolute atomic E-state index is 0.115. The van der Waals surface area contributed by atoms with Crippen molar-refractivity contribution in [2.24, 2.45) is 0 Å². The van der Waals surface area contributed by atoms with E-state index < -0.39 is 0 Å². The first kappa shape index (κ1) is 14.8. The Hall–Kier alpha value is -1.62. The van der Waals surface area contributed by atoms with Gasteiger partial charge in [0.1, 0.15) is 0 Å². The molecule has 0 spiro atoms. The van der Waals surface area contributed by atoms with E-state index in [0.717, 1.165) is 25.9 Å². The van der Waals surface area contributed by atoms with Crippen LogP contribution in [-0.2, 0) is 0 Å². The number of hydrogen-bond donors (Lipinski definition) is 2. The summed E-state index contributed by atoms with van der Waals surface area (Å²) in [5.74, 6) is -0.115. The highest BCUT2D eigenvalue weighted by molar-refractivity contribution is 5.93. The molecule has 0 radical (unpaired) electrons. The summed E-state index contributed by atoms with van der Waals surface area (Å²) in [6, 6.07) is 3.14. The van der Waals surface area contributed by atoms with Gasteiger partial charge in [0.05, 0.1) is 5.56 Å². The number of aromatic nitrogens is 1. The van der Waals surface area contributed by atoms with Crippen LogP contribution in [0.4, 0.5) is 0 Å². The molecule has 0 unspecified atom stereocenters. The molecule has 1 aromatic rings. The van der Waals surface area contributed by atoms with E-state index in [1.54, 1.807) is 6.07 Å². The Morgan fingerprint density at radius 1 is 1.30 bits per heavy atom. The molecule has 110 valence electrons. The fraction of sp³-hybridized carbons (Fsp3) is 0.600. The molecule has 1 saturated heterocycles. The van der Waals surface area contributed by atoms with Gasteiger partial charge in [-0.1, -0.05) is 0 Å². The molecule has 5 nitrogen and oxygen atoms in total. The summed E-state index contributed by atoms with van der Waals surface area (Å²) in [6.07, 6.45) is 3.39. The fourth-order valence-corrected chi connectivity index (χ4v) is 2.52. The lowest BCUT2D eigenvalue weighted by molar-refractivity contribution is 0.0812. The lowest BCUT2D eigenvalue weighted by Crippen LogP contribution is -2.50. The van der Waals surface area contributed by atoms with Crippen molar-refractivity contribution in [3.63, 3.8) is 0 Å². The van der Waals surface area contributed by atoms with Crippen molar-refractivity contribution in [1.82, 2.24) is 15.2 Å². The molecule has 0 aliphatic carbocycles. The van der Waals surface area contributed by atoms with E-state index in [1.807, 2.05) is 0 Å². The van der Waals surface area contributed by atoms with Gasteiger partial charge in [0.15, 0.2) is 0 Å². The second kappa shape index (κ2) is 5.79. The van der Waals surface area contributed by atoms with Crippen LogP contribution in [0.15, 0.2) is 23.1 Å². The third-order valence-electron chi connectivity index (χ3n) is 3.83. The second-order valence-electron chi connectivity index (χ2n) is 6.35. The third kappa shape index (κ3) is 3.70. The van der Waals surface area contributed by atoms with Crippen LogP contribution in [0.3, 0.4) is 0 Å². The van der Waals surface area contributed by atoms with Gasteiger partial charge in [-0.05, 0) is 39.7 Å². The van der Waals surface area contributed by atoms with E-state index in [1.165, 1.54) is 12.3 Å². The van der Waals surface area contributed by atoms with Crippen LogP contribution in [0.1, 0.15) is 44.0 Å². The molecular weight excluding hydrogens is 254 g/mol. The average molecular weight is 277 g/mol. The first-order chi connectivity index (χ1) is 9.36. The van der Waals surface area contributed by atoms with Crippen LogP contribution < -0.4 is 10.9 Å². The van der Waals surface area contributed by atoms with E-state index in [9.17, 15) is 9.59 Å². The van der Waals surface area contributed by atoms with Crippen LogP contribution in [0, 0.1) is 0 Å². The van der Waals surface area contributed by atoms with Crippen molar-refractivity contribution in [3.8, 4) is 0 Å². The van der Waals surface area contributed by atoms with Gasteiger partial charge in [-0.15, -0.1) is 0 Å². The summed E-state index contributed by atoms with van der Waals surface area (Å²) in [5, 5.41) is 3.04. The molecular formula is C15H23N3O2. The van der Waals surface area contributed by atoms with E-state index in [4.69, 9.17) is 0 Å². The number of hydrogen-bond acceptors (Lipinski definition) is 3. The Labute approximate surface area is 119 Å². The summed E-state index contributed by atoms with van der Waals surface area (Å²) in [7, 11) is 0. The Morgan fingerprint density at radius 2 is 1.95 bits per heavy atom. The number of aromatic amines is 1. The molecule has 20 heavy (non-hydrogen) atoms. The Bertz CT molecular complexity index is 502. The number of rotatable bonds is 2. The number of amides is 1.